The largest absolute Gasteiger partial charge is 0.281 e. The van der Waals surface area contributed by atoms with E-state index in [1.807, 2.05) is 0 Å². The molecule has 0 atom stereocenters. The number of aromatic nitrogens is 1. The van der Waals surface area contributed by atoms with Crippen LogP contribution in [0.3, 0.4) is 0 Å². The number of sulfonamides is 1. The molecule has 0 unspecified atom stereocenters. The quantitative estimate of drug-likeness (QED) is 0.901. The predicted molar refractivity (Wildman–Crippen MR) is 48.2 cm³/mol. The summed E-state index contributed by atoms with van der Waals surface area (Å²) < 4.78 is 59.2. The number of rotatable bonds is 2. The summed E-state index contributed by atoms with van der Waals surface area (Å²) in [7, 11) is -4.58. The highest BCUT2D eigenvalue weighted by atomic mass is 79.9. The van der Waals surface area contributed by atoms with Crippen molar-refractivity contribution in [2.24, 2.45) is 5.14 Å². The van der Waals surface area contributed by atoms with Crippen LogP contribution in [-0.4, -0.2) is 13.4 Å². The molecule has 0 aromatic carbocycles. The molecule has 0 amide bonds. The normalized spacial score (nSPS) is 12.1. The van der Waals surface area contributed by atoms with Crippen molar-refractivity contribution < 1.29 is 21.6 Å². The molecule has 1 aromatic heterocycles. The van der Waals surface area contributed by atoms with Crippen LogP contribution < -0.4 is 5.14 Å². The predicted octanol–water partition coefficient (Wildman–Crippen LogP) is 1.57. The Bertz CT molecular complexity index is 491. The average Bonchev–Trinajstić information content (AvgIpc) is 2.06. The van der Waals surface area contributed by atoms with E-state index in [-0.39, 0.29) is 4.47 Å². The SMILES string of the molecule is NS(=O)(=O)c1c(C(F)F)ncc(Br)c1F. The third-order valence-electron chi connectivity index (χ3n) is 1.45. The molecule has 0 aliphatic heterocycles. The second kappa shape index (κ2) is 4.06. The fraction of sp³-hybridized carbons (Fsp3) is 0.167. The number of hydrogen-bond donors (Lipinski definition) is 1. The zero-order valence-electron chi connectivity index (χ0n) is 6.92. The Morgan fingerprint density at radius 3 is 2.40 bits per heavy atom. The first kappa shape index (κ1) is 12.4. The lowest BCUT2D eigenvalue weighted by Gasteiger charge is -2.07. The van der Waals surface area contributed by atoms with Crippen LogP contribution in [-0.2, 0) is 10.0 Å². The summed E-state index contributed by atoms with van der Waals surface area (Å²) in [4.78, 5) is 1.82. The molecule has 1 heterocycles. The Morgan fingerprint density at radius 1 is 1.47 bits per heavy atom. The van der Waals surface area contributed by atoms with Crippen LogP contribution in [0.25, 0.3) is 0 Å². The van der Waals surface area contributed by atoms with Crippen molar-refractivity contribution >= 4 is 26.0 Å². The Kier molecular flexibility index (Phi) is 3.36. The van der Waals surface area contributed by atoms with Gasteiger partial charge in [0.1, 0.15) is 10.6 Å². The molecular weight excluding hydrogens is 301 g/mol. The van der Waals surface area contributed by atoms with Gasteiger partial charge in [0.15, 0.2) is 5.82 Å². The van der Waals surface area contributed by atoms with Gasteiger partial charge in [0.25, 0.3) is 6.43 Å². The highest BCUT2D eigenvalue weighted by molar-refractivity contribution is 9.10. The topological polar surface area (TPSA) is 73.1 Å². The van der Waals surface area contributed by atoms with Crippen molar-refractivity contribution in [2.45, 2.75) is 11.3 Å². The van der Waals surface area contributed by atoms with E-state index in [0.717, 1.165) is 6.20 Å². The van der Waals surface area contributed by atoms with Gasteiger partial charge in [-0.3, -0.25) is 4.98 Å². The maximum atomic E-state index is 13.2. The molecular formula is C6H4BrF3N2O2S. The molecule has 0 spiro atoms. The Hall–Kier alpha value is -0.670. The minimum atomic E-state index is -4.58. The molecule has 84 valence electrons. The number of halogens is 4. The lowest BCUT2D eigenvalue weighted by molar-refractivity contribution is 0.141. The summed E-state index contributed by atoms with van der Waals surface area (Å²) in [6.07, 6.45) is -2.48. The number of nitrogens with zero attached hydrogens (tertiary/aromatic N) is 1. The van der Waals surface area contributed by atoms with E-state index in [1.54, 1.807) is 0 Å². The van der Waals surface area contributed by atoms with Gasteiger partial charge in [-0.05, 0) is 15.9 Å². The van der Waals surface area contributed by atoms with Crippen LogP contribution in [0.2, 0.25) is 0 Å². The maximum Gasteiger partial charge on any atom is 0.281 e. The van der Waals surface area contributed by atoms with Crippen LogP contribution in [0.4, 0.5) is 13.2 Å². The van der Waals surface area contributed by atoms with E-state index < -0.39 is 32.9 Å². The minimum Gasteiger partial charge on any atom is -0.252 e. The smallest absolute Gasteiger partial charge is 0.252 e. The van der Waals surface area contributed by atoms with Crippen molar-refractivity contribution in [3.8, 4) is 0 Å². The zero-order chi connectivity index (χ0) is 11.8. The van der Waals surface area contributed by atoms with Crippen molar-refractivity contribution in [2.75, 3.05) is 0 Å². The van der Waals surface area contributed by atoms with Crippen LogP contribution in [0.15, 0.2) is 15.6 Å². The fourth-order valence-corrected chi connectivity index (χ4v) is 2.11. The molecule has 0 radical (unpaired) electrons. The Balaban J connectivity index is 3.65. The third-order valence-corrected chi connectivity index (χ3v) is 2.96. The van der Waals surface area contributed by atoms with Gasteiger partial charge in [-0.15, -0.1) is 0 Å². The molecule has 0 saturated heterocycles. The molecule has 9 heteroatoms. The molecule has 15 heavy (non-hydrogen) atoms. The number of alkyl halides is 2. The lowest BCUT2D eigenvalue weighted by atomic mass is 10.3. The minimum absolute atomic E-state index is 0.351. The molecule has 1 aromatic rings. The number of primary sulfonamides is 1. The van der Waals surface area contributed by atoms with Crippen molar-refractivity contribution in [1.29, 1.82) is 0 Å². The molecule has 4 nitrogen and oxygen atoms in total. The van der Waals surface area contributed by atoms with Gasteiger partial charge >= 0.3 is 0 Å². The molecule has 1 rings (SSSR count). The van der Waals surface area contributed by atoms with E-state index >= 15 is 0 Å². The number of pyridine rings is 1. The van der Waals surface area contributed by atoms with Crippen LogP contribution >= 0.6 is 15.9 Å². The van der Waals surface area contributed by atoms with Crippen LogP contribution in [0.1, 0.15) is 12.1 Å². The van der Waals surface area contributed by atoms with Gasteiger partial charge in [0.2, 0.25) is 10.0 Å². The number of hydrogen-bond acceptors (Lipinski definition) is 3. The molecule has 0 fully saturated rings. The van der Waals surface area contributed by atoms with E-state index in [2.05, 4.69) is 26.1 Å². The van der Waals surface area contributed by atoms with Crippen LogP contribution in [0.5, 0.6) is 0 Å². The second-order valence-electron chi connectivity index (χ2n) is 2.48. The van der Waals surface area contributed by atoms with Gasteiger partial charge in [0.05, 0.1) is 4.47 Å². The van der Waals surface area contributed by atoms with Gasteiger partial charge in [-0.25, -0.2) is 26.7 Å². The van der Waals surface area contributed by atoms with Gasteiger partial charge in [0, 0.05) is 6.20 Å². The first-order valence-electron chi connectivity index (χ1n) is 3.40. The summed E-state index contributed by atoms with van der Waals surface area (Å²) in [5.41, 5.74) is -1.20. The van der Waals surface area contributed by atoms with Crippen LogP contribution in [0, 0.1) is 5.82 Å². The maximum absolute atomic E-state index is 13.2. The van der Waals surface area contributed by atoms with Gasteiger partial charge in [-0.2, -0.15) is 0 Å². The second-order valence-corrected chi connectivity index (χ2v) is 4.83. The van der Waals surface area contributed by atoms with E-state index in [4.69, 9.17) is 0 Å². The molecule has 0 aliphatic rings. The van der Waals surface area contributed by atoms with E-state index in [9.17, 15) is 21.6 Å². The highest BCUT2D eigenvalue weighted by Crippen LogP contribution is 2.29. The summed E-state index contributed by atoms with van der Waals surface area (Å²) >= 11 is 2.62. The third kappa shape index (κ3) is 2.47. The highest BCUT2D eigenvalue weighted by Gasteiger charge is 2.27. The molecule has 0 aliphatic carbocycles. The Labute approximate surface area is 91.5 Å². The monoisotopic (exact) mass is 304 g/mol. The summed E-state index contributed by atoms with van der Waals surface area (Å²) in [5.74, 6) is -1.37. The van der Waals surface area contributed by atoms with Crippen molar-refractivity contribution in [3.63, 3.8) is 0 Å². The average molecular weight is 305 g/mol. The fourth-order valence-electron chi connectivity index (χ4n) is 0.889. The van der Waals surface area contributed by atoms with E-state index in [0.29, 0.717) is 0 Å². The first-order valence-corrected chi connectivity index (χ1v) is 5.74. The van der Waals surface area contributed by atoms with Gasteiger partial charge in [-0.1, -0.05) is 0 Å². The van der Waals surface area contributed by atoms with E-state index in [1.165, 1.54) is 0 Å². The van der Waals surface area contributed by atoms with Crippen molar-refractivity contribution in [1.82, 2.24) is 4.98 Å². The standard InChI is InChI=1S/C6H4BrF3N2O2S/c7-2-1-12-4(6(9)10)5(3(2)8)15(11,13)14/h1,6H,(H2,11,13,14). The Morgan fingerprint density at radius 2 is 2.00 bits per heavy atom. The first-order chi connectivity index (χ1) is 6.75. The summed E-state index contributed by atoms with van der Waals surface area (Å²) in [6.45, 7) is 0. The molecule has 0 saturated carbocycles. The summed E-state index contributed by atoms with van der Waals surface area (Å²) in [5, 5.41) is 4.60. The summed E-state index contributed by atoms with van der Waals surface area (Å²) in [6, 6.07) is 0. The van der Waals surface area contributed by atoms with Gasteiger partial charge < -0.3 is 0 Å². The molecule has 0 bridgehead atoms. The van der Waals surface area contributed by atoms with Crippen molar-refractivity contribution in [3.05, 3.63) is 22.2 Å². The number of nitrogens with two attached hydrogens (primary N) is 1. The molecule has 2 N–H and O–H groups in total. The lowest BCUT2D eigenvalue weighted by Crippen LogP contribution is -2.18. The zero-order valence-corrected chi connectivity index (χ0v) is 9.32.